The Bertz CT molecular complexity index is 791. The Balaban J connectivity index is 0.00000208. The Hall–Kier alpha value is -1.55. The lowest BCUT2D eigenvalue weighted by atomic mass is 9.77. The maximum absolute atomic E-state index is 12.8. The van der Waals surface area contributed by atoms with E-state index in [0.29, 0.717) is 11.7 Å². The molecular weight excluding hydrogens is 359 g/mol. The van der Waals surface area contributed by atoms with Gasteiger partial charge in [0.05, 0.1) is 10.4 Å². The van der Waals surface area contributed by atoms with Gasteiger partial charge in [-0.2, -0.15) is 4.98 Å². The first-order chi connectivity index (χ1) is 10.9. The van der Waals surface area contributed by atoms with Crippen molar-refractivity contribution in [2.75, 3.05) is 6.54 Å². The van der Waals surface area contributed by atoms with Gasteiger partial charge in [-0.15, -0.1) is 12.4 Å². The molecule has 132 valence electrons. The third kappa shape index (κ3) is 3.92. The summed E-state index contributed by atoms with van der Waals surface area (Å²) in [6, 6.07) is 4.60. The summed E-state index contributed by atoms with van der Waals surface area (Å²) in [5, 5.41) is 3.86. The van der Waals surface area contributed by atoms with Gasteiger partial charge in [-0.3, -0.25) is 0 Å². The van der Waals surface area contributed by atoms with Crippen LogP contribution < -0.4 is 10.5 Å². The largest absolute Gasteiger partial charge is 0.339 e. The molecule has 1 aromatic carbocycles. The van der Waals surface area contributed by atoms with Gasteiger partial charge in [0.15, 0.2) is 5.82 Å². The molecule has 0 unspecified atom stereocenters. The molecule has 0 saturated heterocycles. The Morgan fingerprint density at radius 3 is 2.54 bits per heavy atom. The van der Waals surface area contributed by atoms with Crippen molar-refractivity contribution in [2.45, 2.75) is 36.1 Å². The Kier molecular flexibility index (Phi) is 5.59. The molecule has 10 heteroatoms. The highest BCUT2D eigenvalue weighted by molar-refractivity contribution is 7.89. The normalized spacial score (nSPS) is 16.2. The van der Waals surface area contributed by atoms with Crippen molar-refractivity contribution in [3.8, 4) is 0 Å². The van der Waals surface area contributed by atoms with E-state index in [1.54, 1.807) is 0 Å². The molecule has 2 aromatic rings. The lowest BCUT2D eigenvalue weighted by Gasteiger charge is -2.34. The highest BCUT2D eigenvalue weighted by Crippen LogP contribution is 2.36. The summed E-state index contributed by atoms with van der Waals surface area (Å²) >= 11 is 0. The molecule has 0 aliphatic heterocycles. The topological polar surface area (TPSA) is 111 Å². The standard InChI is InChI=1S/C14H17FN4O3S.ClH/c15-10-2-4-11(5-3-10)23(20,21)17-9-6-12-18-13(19-22-12)14(16)7-1-8-14;/h2-5,17H,1,6-9,16H2;1H. The van der Waals surface area contributed by atoms with Crippen molar-refractivity contribution in [1.29, 1.82) is 0 Å². The average Bonchev–Trinajstić information content (AvgIpc) is 2.94. The fourth-order valence-electron chi connectivity index (χ4n) is 2.33. The van der Waals surface area contributed by atoms with E-state index in [2.05, 4.69) is 14.9 Å². The van der Waals surface area contributed by atoms with Crippen LogP contribution in [0, 0.1) is 5.82 Å². The first kappa shape index (κ1) is 18.8. The van der Waals surface area contributed by atoms with Crippen LogP contribution in [0.3, 0.4) is 0 Å². The van der Waals surface area contributed by atoms with E-state index < -0.39 is 21.4 Å². The Morgan fingerprint density at radius 1 is 1.29 bits per heavy atom. The van der Waals surface area contributed by atoms with Crippen LogP contribution in [0.25, 0.3) is 0 Å². The SMILES string of the molecule is Cl.NC1(c2noc(CCNS(=O)(=O)c3ccc(F)cc3)n2)CCC1. The Labute approximate surface area is 145 Å². The second-order valence-electron chi connectivity index (χ2n) is 5.62. The molecule has 1 fully saturated rings. The van der Waals surface area contributed by atoms with Crippen molar-refractivity contribution in [3.05, 3.63) is 41.8 Å². The number of halogens is 2. The van der Waals surface area contributed by atoms with Crippen LogP contribution in [-0.4, -0.2) is 25.1 Å². The molecule has 1 saturated carbocycles. The minimum Gasteiger partial charge on any atom is -0.339 e. The molecule has 1 aromatic heterocycles. The molecule has 0 spiro atoms. The number of sulfonamides is 1. The van der Waals surface area contributed by atoms with Gasteiger partial charge in [-0.25, -0.2) is 17.5 Å². The van der Waals surface area contributed by atoms with Crippen LogP contribution in [0.5, 0.6) is 0 Å². The first-order valence-electron chi connectivity index (χ1n) is 7.26. The van der Waals surface area contributed by atoms with Crippen LogP contribution in [0.15, 0.2) is 33.7 Å². The molecule has 24 heavy (non-hydrogen) atoms. The van der Waals surface area contributed by atoms with Gasteiger partial charge in [0.2, 0.25) is 15.9 Å². The third-order valence-electron chi connectivity index (χ3n) is 3.91. The molecule has 7 nitrogen and oxygen atoms in total. The number of nitrogens with zero attached hydrogens (tertiary/aromatic N) is 2. The second-order valence-corrected chi connectivity index (χ2v) is 7.39. The van der Waals surface area contributed by atoms with Crippen LogP contribution in [0.4, 0.5) is 4.39 Å². The van der Waals surface area contributed by atoms with Crippen LogP contribution in [-0.2, 0) is 22.0 Å². The predicted molar refractivity (Wildman–Crippen MR) is 86.6 cm³/mol. The zero-order chi connectivity index (χ0) is 16.5. The van der Waals surface area contributed by atoms with E-state index >= 15 is 0 Å². The third-order valence-corrected chi connectivity index (χ3v) is 5.39. The van der Waals surface area contributed by atoms with E-state index in [9.17, 15) is 12.8 Å². The van der Waals surface area contributed by atoms with E-state index in [4.69, 9.17) is 10.3 Å². The molecule has 1 aliphatic rings. The molecule has 1 heterocycles. The van der Waals surface area contributed by atoms with Gasteiger partial charge < -0.3 is 10.3 Å². The monoisotopic (exact) mass is 376 g/mol. The van der Waals surface area contributed by atoms with Crippen molar-refractivity contribution in [2.24, 2.45) is 5.73 Å². The molecule has 0 atom stereocenters. The van der Waals surface area contributed by atoms with E-state index in [1.165, 1.54) is 12.1 Å². The van der Waals surface area contributed by atoms with Crippen LogP contribution >= 0.6 is 12.4 Å². The van der Waals surface area contributed by atoms with Crippen molar-refractivity contribution in [1.82, 2.24) is 14.9 Å². The summed E-state index contributed by atoms with van der Waals surface area (Å²) in [6.45, 7) is 0.0961. The van der Waals surface area contributed by atoms with Gasteiger partial charge in [0.1, 0.15) is 5.82 Å². The number of benzene rings is 1. The molecule has 0 radical (unpaired) electrons. The molecule has 0 bridgehead atoms. The maximum atomic E-state index is 12.8. The number of hydrogen-bond donors (Lipinski definition) is 2. The number of aromatic nitrogens is 2. The zero-order valence-corrected chi connectivity index (χ0v) is 14.4. The summed E-state index contributed by atoms with van der Waals surface area (Å²) in [5.41, 5.74) is 5.59. The van der Waals surface area contributed by atoms with Gasteiger partial charge >= 0.3 is 0 Å². The van der Waals surface area contributed by atoms with Gasteiger partial charge in [0.25, 0.3) is 0 Å². The number of rotatable bonds is 6. The molecular formula is C14H18ClFN4O3S. The van der Waals surface area contributed by atoms with E-state index in [0.717, 1.165) is 31.4 Å². The zero-order valence-electron chi connectivity index (χ0n) is 12.7. The first-order valence-corrected chi connectivity index (χ1v) is 8.75. The van der Waals surface area contributed by atoms with Gasteiger partial charge in [-0.1, -0.05) is 5.16 Å². The highest BCUT2D eigenvalue weighted by atomic mass is 35.5. The summed E-state index contributed by atoms with van der Waals surface area (Å²) in [4.78, 5) is 4.22. The quantitative estimate of drug-likeness (QED) is 0.790. The van der Waals surface area contributed by atoms with Crippen LogP contribution in [0.1, 0.15) is 31.0 Å². The lowest BCUT2D eigenvalue weighted by Crippen LogP contribution is -2.44. The fraction of sp³-hybridized carbons (Fsp3) is 0.429. The van der Waals surface area contributed by atoms with Crippen molar-refractivity contribution in [3.63, 3.8) is 0 Å². The predicted octanol–water partition coefficient (Wildman–Crippen LogP) is 1.49. The summed E-state index contributed by atoms with van der Waals surface area (Å²) in [6.07, 6.45) is 2.94. The second kappa shape index (κ2) is 7.14. The molecule has 3 N–H and O–H groups in total. The minimum absolute atomic E-state index is 0. The maximum Gasteiger partial charge on any atom is 0.240 e. The summed E-state index contributed by atoms with van der Waals surface area (Å²) in [5.74, 6) is 0.313. The Morgan fingerprint density at radius 2 is 1.96 bits per heavy atom. The number of nitrogens with one attached hydrogen (secondary N) is 1. The van der Waals surface area contributed by atoms with Crippen LogP contribution in [0.2, 0.25) is 0 Å². The average molecular weight is 377 g/mol. The molecule has 3 rings (SSSR count). The van der Waals surface area contributed by atoms with Gasteiger partial charge in [0, 0.05) is 13.0 Å². The number of nitrogens with two attached hydrogens (primary N) is 1. The van der Waals surface area contributed by atoms with E-state index in [-0.39, 0.29) is 30.3 Å². The smallest absolute Gasteiger partial charge is 0.240 e. The highest BCUT2D eigenvalue weighted by Gasteiger charge is 2.38. The summed E-state index contributed by atoms with van der Waals surface area (Å²) < 4.78 is 44.4. The van der Waals surface area contributed by atoms with Crippen molar-refractivity contribution < 1.29 is 17.3 Å². The van der Waals surface area contributed by atoms with Gasteiger partial charge in [-0.05, 0) is 43.5 Å². The number of hydrogen-bond acceptors (Lipinski definition) is 6. The minimum atomic E-state index is -3.69. The molecule has 0 amide bonds. The van der Waals surface area contributed by atoms with Crippen molar-refractivity contribution >= 4 is 22.4 Å². The lowest BCUT2D eigenvalue weighted by molar-refractivity contribution is 0.229. The fourth-order valence-corrected chi connectivity index (χ4v) is 3.36. The summed E-state index contributed by atoms with van der Waals surface area (Å²) in [7, 11) is -3.69. The van der Waals surface area contributed by atoms with E-state index in [1.807, 2.05) is 0 Å². The molecule has 1 aliphatic carbocycles.